The molecule has 3 rings (SSSR count). The first kappa shape index (κ1) is 24.2. The number of piperidine rings is 1. The molecule has 0 saturated carbocycles. The van der Waals surface area contributed by atoms with Gasteiger partial charge in [0.2, 0.25) is 0 Å². The number of aliphatic hydroxyl groups is 1. The SMILES string of the molecule is CC(C)(C)[Si](C)(C)OCCCC1(O)CC2COCC(C1)N2C(=O)OCc1ccccc1. The van der Waals surface area contributed by atoms with Crippen molar-refractivity contribution in [3.8, 4) is 0 Å². The minimum absolute atomic E-state index is 0.151. The van der Waals surface area contributed by atoms with Crippen molar-refractivity contribution in [1.82, 2.24) is 4.90 Å². The summed E-state index contributed by atoms with van der Waals surface area (Å²) in [6.07, 6.45) is 2.22. The van der Waals surface area contributed by atoms with Crippen molar-refractivity contribution in [2.45, 2.75) is 88.9 Å². The molecular formula is C24H39NO5Si. The van der Waals surface area contributed by atoms with Gasteiger partial charge in [-0.3, -0.25) is 4.90 Å². The number of rotatable bonds is 7. The highest BCUT2D eigenvalue weighted by Gasteiger charge is 2.48. The van der Waals surface area contributed by atoms with E-state index in [1.807, 2.05) is 30.3 Å². The standard InChI is InChI=1S/C24H39NO5Si/c1-23(2,3)31(4,5)30-13-9-12-24(27)14-20-17-28-18-21(15-24)25(20)22(26)29-16-19-10-7-6-8-11-19/h6-8,10-11,20-21,27H,9,12-18H2,1-5H3. The van der Waals surface area contributed by atoms with Crippen LogP contribution in [-0.4, -0.2) is 61.9 Å². The van der Waals surface area contributed by atoms with E-state index < -0.39 is 13.9 Å². The summed E-state index contributed by atoms with van der Waals surface area (Å²) in [5, 5.41) is 11.5. The molecule has 174 valence electrons. The lowest BCUT2D eigenvalue weighted by Gasteiger charge is -2.51. The molecule has 2 heterocycles. The predicted molar refractivity (Wildman–Crippen MR) is 123 cm³/mol. The largest absolute Gasteiger partial charge is 0.445 e. The Balaban J connectivity index is 1.52. The third-order valence-electron chi connectivity index (χ3n) is 7.11. The van der Waals surface area contributed by atoms with Gasteiger partial charge < -0.3 is 19.0 Å². The second kappa shape index (κ2) is 9.61. The summed E-state index contributed by atoms with van der Waals surface area (Å²) in [4.78, 5) is 14.6. The van der Waals surface area contributed by atoms with Crippen LogP contribution in [0.2, 0.25) is 18.1 Å². The van der Waals surface area contributed by atoms with Crippen molar-refractivity contribution < 1.29 is 23.8 Å². The number of ether oxygens (including phenoxy) is 2. The summed E-state index contributed by atoms with van der Waals surface area (Å²) >= 11 is 0. The molecule has 2 fully saturated rings. The van der Waals surface area contributed by atoms with Gasteiger partial charge in [-0.1, -0.05) is 51.1 Å². The Morgan fingerprint density at radius 2 is 1.81 bits per heavy atom. The zero-order valence-electron chi connectivity index (χ0n) is 19.7. The summed E-state index contributed by atoms with van der Waals surface area (Å²) in [5.41, 5.74) is 0.180. The number of amides is 1. The average Bonchev–Trinajstić information content (AvgIpc) is 2.69. The number of nitrogens with zero attached hydrogens (tertiary/aromatic N) is 1. The highest BCUT2D eigenvalue weighted by atomic mass is 28.4. The molecule has 0 spiro atoms. The van der Waals surface area contributed by atoms with Gasteiger partial charge in [-0.25, -0.2) is 4.79 Å². The molecule has 2 aliphatic rings. The van der Waals surface area contributed by atoms with Crippen LogP contribution in [0.15, 0.2) is 30.3 Å². The molecule has 0 aliphatic carbocycles. The molecule has 0 aromatic heterocycles. The molecule has 2 saturated heterocycles. The van der Waals surface area contributed by atoms with Crippen LogP contribution in [0, 0.1) is 0 Å². The summed E-state index contributed by atoms with van der Waals surface area (Å²) in [6.45, 7) is 13.0. The van der Waals surface area contributed by atoms with Crippen LogP contribution in [0.4, 0.5) is 4.79 Å². The molecular weight excluding hydrogens is 410 g/mol. The number of hydrogen-bond acceptors (Lipinski definition) is 5. The molecule has 2 aliphatic heterocycles. The lowest BCUT2D eigenvalue weighted by atomic mass is 9.79. The van der Waals surface area contributed by atoms with Crippen molar-refractivity contribution in [3.05, 3.63) is 35.9 Å². The molecule has 7 heteroatoms. The second-order valence-electron chi connectivity index (χ2n) is 10.6. The van der Waals surface area contributed by atoms with Gasteiger partial charge in [-0.2, -0.15) is 0 Å². The van der Waals surface area contributed by atoms with E-state index in [0.717, 1.165) is 12.0 Å². The molecule has 2 bridgehead atoms. The van der Waals surface area contributed by atoms with Gasteiger partial charge in [0.25, 0.3) is 0 Å². The lowest BCUT2D eigenvalue weighted by molar-refractivity contribution is -0.136. The van der Waals surface area contributed by atoms with Crippen molar-refractivity contribution in [3.63, 3.8) is 0 Å². The van der Waals surface area contributed by atoms with Crippen LogP contribution < -0.4 is 0 Å². The third kappa shape index (κ3) is 6.09. The van der Waals surface area contributed by atoms with Crippen LogP contribution in [0.25, 0.3) is 0 Å². The summed E-state index contributed by atoms with van der Waals surface area (Å²) < 4.78 is 17.6. The lowest BCUT2D eigenvalue weighted by Crippen LogP contribution is -2.63. The van der Waals surface area contributed by atoms with E-state index >= 15 is 0 Å². The highest BCUT2D eigenvalue weighted by molar-refractivity contribution is 6.74. The average molecular weight is 450 g/mol. The Kier molecular flexibility index (Phi) is 7.51. The Labute approximate surface area is 188 Å². The molecule has 6 nitrogen and oxygen atoms in total. The van der Waals surface area contributed by atoms with E-state index in [9.17, 15) is 9.90 Å². The zero-order valence-corrected chi connectivity index (χ0v) is 20.7. The second-order valence-corrected chi connectivity index (χ2v) is 15.4. The Hall–Kier alpha value is -1.41. The summed E-state index contributed by atoms with van der Waals surface area (Å²) in [5.74, 6) is 0. The quantitative estimate of drug-likeness (QED) is 0.482. The van der Waals surface area contributed by atoms with Gasteiger partial charge in [0.1, 0.15) is 6.61 Å². The number of carbonyl (C=O) groups excluding carboxylic acids is 1. The first-order valence-corrected chi connectivity index (χ1v) is 14.3. The van der Waals surface area contributed by atoms with Crippen molar-refractivity contribution in [2.75, 3.05) is 19.8 Å². The fourth-order valence-corrected chi connectivity index (χ4v) is 5.40. The number of fused-ring (bicyclic) bond motifs is 2. The Bertz CT molecular complexity index is 719. The topological polar surface area (TPSA) is 68.2 Å². The Morgan fingerprint density at radius 3 is 2.39 bits per heavy atom. The van der Waals surface area contributed by atoms with Gasteiger partial charge >= 0.3 is 6.09 Å². The third-order valence-corrected chi connectivity index (χ3v) is 11.6. The van der Waals surface area contributed by atoms with E-state index in [0.29, 0.717) is 39.1 Å². The number of hydrogen-bond donors (Lipinski definition) is 1. The molecule has 1 N–H and O–H groups in total. The minimum Gasteiger partial charge on any atom is -0.445 e. The van der Waals surface area contributed by atoms with E-state index in [1.165, 1.54) is 0 Å². The van der Waals surface area contributed by atoms with E-state index in [4.69, 9.17) is 13.9 Å². The van der Waals surface area contributed by atoms with E-state index in [1.54, 1.807) is 4.90 Å². The maximum Gasteiger partial charge on any atom is 0.410 e. The molecule has 2 unspecified atom stereocenters. The fraction of sp³-hybridized carbons (Fsp3) is 0.708. The van der Waals surface area contributed by atoms with Crippen molar-refractivity contribution in [1.29, 1.82) is 0 Å². The van der Waals surface area contributed by atoms with Crippen LogP contribution in [0.1, 0.15) is 52.0 Å². The molecule has 1 aromatic carbocycles. The molecule has 1 amide bonds. The van der Waals surface area contributed by atoms with Gasteiger partial charge in [0.05, 0.1) is 30.9 Å². The molecule has 0 radical (unpaired) electrons. The van der Waals surface area contributed by atoms with Gasteiger partial charge in [-0.05, 0) is 49.4 Å². The molecule has 31 heavy (non-hydrogen) atoms. The first-order valence-electron chi connectivity index (χ1n) is 11.4. The van der Waals surface area contributed by atoms with Crippen molar-refractivity contribution >= 4 is 14.4 Å². The minimum atomic E-state index is -1.77. The van der Waals surface area contributed by atoms with Crippen LogP contribution >= 0.6 is 0 Å². The zero-order chi connectivity index (χ0) is 22.7. The summed E-state index contributed by atoms with van der Waals surface area (Å²) in [6, 6.07) is 9.39. The maximum atomic E-state index is 12.8. The monoisotopic (exact) mass is 449 g/mol. The van der Waals surface area contributed by atoms with E-state index in [-0.39, 0.29) is 29.8 Å². The van der Waals surface area contributed by atoms with Crippen LogP contribution in [-0.2, 0) is 20.5 Å². The number of carbonyl (C=O) groups is 1. The van der Waals surface area contributed by atoms with Gasteiger partial charge in [0, 0.05) is 6.61 Å². The van der Waals surface area contributed by atoms with Crippen LogP contribution in [0.5, 0.6) is 0 Å². The van der Waals surface area contributed by atoms with Crippen molar-refractivity contribution in [2.24, 2.45) is 0 Å². The number of benzene rings is 1. The van der Waals surface area contributed by atoms with Crippen LogP contribution in [0.3, 0.4) is 0 Å². The fourth-order valence-electron chi connectivity index (χ4n) is 4.32. The van der Waals surface area contributed by atoms with Gasteiger partial charge in [-0.15, -0.1) is 0 Å². The maximum absolute atomic E-state index is 12.8. The smallest absolute Gasteiger partial charge is 0.410 e. The van der Waals surface area contributed by atoms with E-state index in [2.05, 4.69) is 33.9 Å². The van der Waals surface area contributed by atoms with Gasteiger partial charge in [0.15, 0.2) is 8.32 Å². The summed E-state index contributed by atoms with van der Waals surface area (Å²) in [7, 11) is -1.77. The molecule has 1 aromatic rings. The highest BCUT2D eigenvalue weighted by Crippen LogP contribution is 2.39. The number of morpholine rings is 1. The normalized spacial score (nSPS) is 26.6. The molecule has 2 atom stereocenters. The first-order chi connectivity index (χ1) is 14.5. The predicted octanol–water partition coefficient (Wildman–Crippen LogP) is 4.72. The Morgan fingerprint density at radius 1 is 1.19 bits per heavy atom.